The average Bonchev–Trinajstić information content (AvgIpc) is 3.04. The minimum absolute atomic E-state index is 0.930. The summed E-state index contributed by atoms with van der Waals surface area (Å²) in [4.78, 5) is 7.44. The van der Waals surface area contributed by atoms with Gasteiger partial charge in [-0.1, -0.05) is 17.7 Å². The predicted molar refractivity (Wildman–Crippen MR) is 86.6 cm³/mol. The molecule has 0 spiro atoms. The van der Waals surface area contributed by atoms with Crippen molar-refractivity contribution in [2.45, 2.75) is 13.3 Å². The van der Waals surface area contributed by atoms with Gasteiger partial charge in [0, 0.05) is 30.1 Å². The number of aromatic nitrogens is 3. The molecule has 0 saturated carbocycles. The molecule has 2 heterocycles. The minimum Gasteiger partial charge on any atom is -0.347 e. The second kappa shape index (κ2) is 4.48. The van der Waals surface area contributed by atoms with Gasteiger partial charge >= 0.3 is 0 Å². The van der Waals surface area contributed by atoms with E-state index in [1.54, 1.807) is 6.33 Å². The van der Waals surface area contributed by atoms with Crippen molar-refractivity contribution in [3.63, 3.8) is 0 Å². The van der Waals surface area contributed by atoms with Gasteiger partial charge in [-0.3, -0.25) is 0 Å². The second-order valence-electron chi connectivity index (χ2n) is 5.69. The number of hydrogen-bond acceptors (Lipinski definition) is 1. The monoisotopic (exact) mass is 275 g/mol. The Hall–Kier alpha value is -2.55. The van der Waals surface area contributed by atoms with Crippen molar-refractivity contribution >= 4 is 21.9 Å². The molecule has 0 atom stereocenters. The van der Waals surface area contributed by atoms with Crippen LogP contribution in [0.15, 0.2) is 48.8 Å². The SMILES string of the molecule is Cc1ccc2c(c1)cc(Cc1ccc3nc[nH]c3c1)n2C. The summed E-state index contributed by atoms with van der Waals surface area (Å²) in [5.41, 5.74) is 7.34. The van der Waals surface area contributed by atoms with Gasteiger partial charge in [0.25, 0.3) is 0 Å². The number of fused-ring (bicyclic) bond motifs is 2. The van der Waals surface area contributed by atoms with Crippen LogP contribution < -0.4 is 0 Å². The van der Waals surface area contributed by atoms with Gasteiger partial charge in [0.1, 0.15) is 0 Å². The highest BCUT2D eigenvalue weighted by atomic mass is 14.9. The summed E-state index contributed by atoms with van der Waals surface area (Å²) >= 11 is 0. The minimum atomic E-state index is 0.930. The second-order valence-corrected chi connectivity index (χ2v) is 5.69. The Balaban J connectivity index is 1.77. The number of aromatic amines is 1. The zero-order valence-corrected chi connectivity index (χ0v) is 12.2. The summed E-state index contributed by atoms with van der Waals surface area (Å²) in [5.74, 6) is 0. The molecule has 0 radical (unpaired) electrons. The first-order valence-corrected chi connectivity index (χ1v) is 7.18. The molecule has 0 unspecified atom stereocenters. The van der Waals surface area contributed by atoms with Crippen LogP contribution in [0.2, 0.25) is 0 Å². The van der Waals surface area contributed by atoms with Crippen molar-refractivity contribution in [3.8, 4) is 0 Å². The summed E-state index contributed by atoms with van der Waals surface area (Å²) in [5, 5.41) is 1.31. The first kappa shape index (κ1) is 12.2. The number of hydrogen-bond donors (Lipinski definition) is 1. The smallest absolute Gasteiger partial charge is 0.0931 e. The van der Waals surface area contributed by atoms with E-state index in [2.05, 4.69) is 71.0 Å². The summed E-state index contributed by atoms with van der Waals surface area (Å²) in [6.45, 7) is 2.14. The van der Waals surface area contributed by atoms with Crippen LogP contribution in [0.3, 0.4) is 0 Å². The molecule has 0 aliphatic carbocycles. The average molecular weight is 275 g/mol. The number of nitrogens with zero attached hydrogens (tertiary/aromatic N) is 2. The van der Waals surface area contributed by atoms with Crippen LogP contribution >= 0.6 is 0 Å². The molecule has 2 aromatic carbocycles. The third-order valence-electron chi connectivity index (χ3n) is 4.17. The van der Waals surface area contributed by atoms with Crippen LogP contribution in [0.25, 0.3) is 21.9 Å². The Kier molecular flexibility index (Phi) is 2.61. The number of aryl methyl sites for hydroxylation is 2. The first-order valence-electron chi connectivity index (χ1n) is 7.18. The van der Waals surface area contributed by atoms with Gasteiger partial charge in [-0.2, -0.15) is 0 Å². The highest BCUT2D eigenvalue weighted by Gasteiger charge is 2.07. The van der Waals surface area contributed by atoms with E-state index in [9.17, 15) is 0 Å². The van der Waals surface area contributed by atoms with Crippen LogP contribution in [0.5, 0.6) is 0 Å². The lowest BCUT2D eigenvalue weighted by Gasteiger charge is -2.05. The molecule has 0 amide bonds. The van der Waals surface area contributed by atoms with E-state index in [-0.39, 0.29) is 0 Å². The molecule has 4 aromatic rings. The molecule has 0 aliphatic rings. The lowest BCUT2D eigenvalue weighted by molar-refractivity contribution is 0.881. The van der Waals surface area contributed by atoms with Gasteiger partial charge in [0.2, 0.25) is 0 Å². The maximum absolute atomic E-state index is 4.27. The van der Waals surface area contributed by atoms with Crippen molar-refractivity contribution in [2.75, 3.05) is 0 Å². The zero-order valence-electron chi connectivity index (χ0n) is 12.2. The lowest BCUT2D eigenvalue weighted by atomic mass is 10.1. The molecule has 21 heavy (non-hydrogen) atoms. The molecule has 2 aromatic heterocycles. The van der Waals surface area contributed by atoms with Crippen LogP contribution in [-0.4, -0.2) is 14.5 Å². The van der Waals surface area contributed by atoms with E-state index in [0.29, 0.717) is 0 Å². The highest BCUT2D eigenvalue weighted by Crippen LogP contribution is 2.23. The van der Waals surface area contributed by atoms with Crippen LogP contribution in [0.1, 0.15) is 16.8 Å². The Morgan fingerprint density at radius 1 is 1.10 bits per heavy atom. The zero-order chi connectivity index (χ0) is 14.4. The van der Waals surface area contributed by atoms with E-state index in [1.807, 2.05) is 0 Å². The third kappa shape index (κ3) is 2.02. The molecule has 1 N–H and O–H groups in total. The van der Waals surface area contributed by atoms with Crippen molar-refractivity contribution in [1.82, 2.24) is 14.5 Å². The van der Waals surface area contributed by atoms with Crippen LogP contribution in [0, 0.1) is 6.92 Å². The molecule has 0 fully saturated rings. The molecular formula is C18H17N3. The van der Waals surface area contributed by atoms with Crippen LogP contribution in [-0.2, 0) is 13.5 Å². The summed E-state index contributed by atoms with van der Waals surface area (Å²) in [6.07, 6.45) is 2.67. The Morgan fingerprint density at radius 3 is 2.90 bits per heavy atom. The van der Waals surface area contributed by atoms with Gasteiger partial charge in [0.15, 0.2) is 0 Å². The van der Waals surface area contributed by atoms with Gasteiger partial charge in [-0.25, -0.2) is 4.98 Å². The Labute approximate surface area is 123 Å². The van der Waals surface area contributed by atoms with Crippen molar-refractivity contribution in [2.24, 2.45) is 7.05 Å². The van der Waals surface area contributed by atoms with Crippen LogP contribution in [0.4, 0.5) is 0 Å². The van der Waals surface area contributed by atoms with Gasteiger partial charge < -0.3 is 9.55 Å². The first-order chi connectivity index (χ1) is 10.2. The summed E-state index contributed by atoms with van der Waals surface area (Å²) in [7, 11) is 2.14. The van der Waals surface area contributed by atoms with E-state index < -0.39 is 0 Å². The normalized spacial score (nSPS) is 11.5. The molecule has 0 saturated heterocycles. The molecule has 4 rings (SSSR count). The fourth-order valence-corrected chi connectivity index (χ4v) is 3.00. The summed E-state index contributed by atoms with van der Waals surface area (Å²) < 4.78 is 2.28. The lowest BCUT2D eigenvalue weighted by Crippen LogP contribution is -1.97. The molecule has 3 heteroatoms. The molecular weight excluding hydrogens is 258 g/mol. The van der Waals surface area contributed by atoms with Gasteiger partial charge in [-0.05, 0) is 42.8 Å². The standard InChI is InChI=1S/C18H17N3/c1-12-3-6-18-14(7-12)10-15(21(18)2)8-13-4-5-16-17(9-13)20-11-19-16/h3-7,9-11H,8H2,1-2H3,(H,19,20). The maximum Gasteiger partial charge on any atom is 0.0931 e. The van der Waals surface area contributed by atoms with E-state index >= 15 is 0 Å². The van der Waals surface area contributed by atoms with E-state index in [0.717, 1.165) is 17.5 Å². The number of imidazole rings is 1. The largest absolute Gasteiger partial charge is 0.347 e. The van der Waals surface area contributed by atoms with Gasteiger partial charge in [-0.15, -0.1) is 0 Å². The van der Waals surface area contributed by atoms with E-state index in [1.165, 1.54) is 27.7 Å². The number of benzene rings is 2. The Morgan fingerprint density at radius 2 is 2.00 bits per heavy atom. The number of nitrogens with one attached hydrogen (secondary N) is 1. The van der Waals surface area contributed by atoms with Crippen molar-refractivity contribution in [1.29, 1.82) is 0 Å². The highest BCUT2D eigenvalue weighted by molar-refractivity contribution is 5.82. The summed E-state index contributed by atoms with van der Waals surface area (Å²) in [6, 6.07) is 15.3. The van der Waals surface area contributed by atoms with Crippen molar-refractivity contribution < 1.29 is 0 Å². The van der Waals surface area contributed by atoms with E-state index in [4.69, 9.17) is 0 Å². The topological polar surface area (TPSA) is 33.6 Å². The molecule has 104 valence electrons. The van der Waals surface area contributed by atoms with Gasteiger partial charge in [0.05, 0.1) is 17.4 Å². The van der Waals surface area contributed by atoms with Crippen molar-refractivity contribution in [3.05, 3.63) is 65.6 Å². The molecule has 0 aliphatic heterocycles. The number of H-pyrrole nitrogens is 1. The third-order valence-corrected chi connectivity index (χ3v) is 4.17. The molecule has 0 bridgehead atoms. The quantitative estimate of drug-likeness (QED) is 0.590. The fourth-order valence-electron chi connectivity index (χ4n) is 3.00. The predicted octanol–water partition coefficient (Wildman–Crippen LogP) is 3.95. The Bertz CT molecular complexity index is 944. The fraction of sp³-hybridized carbons (Fsp3) is 0.167. The number of rotatable bonds is 2. The molecule has 3 nitrogen and oxygen atoms in total. The maximum atomic E-state index is 4.27.